The van der Waals surface area contributed by atoms with Crippen LogP contribution in [0, 0.1) is 5.92 Å². The molecule has 1 fully saturated rings. The molecule has 0 heterocycles. The van der Waals surface area contributed by atoms with E-state index in [1.54, 1.807) is 24.3 Å². The Kier molecular flexibility index (Phi) is 5.76. The Morgan fingerprint density at radius 1 is 1.05 bits per heavy atom. The molecule has 0 unspecified atom stereocenters. The van der Waals surface area contributed by atoms with E-state index in [1.807, 2.05) is 0 Å². The van der Waals surface area contributed by atoms with Crippen LogP contribution in [-0.4, -0.2) is 19.3 Å². The lowest BCUT2D eigenvalue weighted by atomic mass is 9.87. The van der Waals surface area contributed by atoms with Gasteiger partial charge in [0.25, 0.3) is 0 Å². The van der Waals surface area contributed by atoms with E-state index >= 15 is 0 Å². The summed E-state index contributed by atoms with van der Waals surface area (Å²) >= 11 is 0. The molecule has 2 nitrogen and oxygen atoms in total. The molecule has 21 heavy (non-hydrogen) atoms. The molecule has 1 saturated carbocycles. The number of hydrogen-bond acceptors (Lipinski definition) is 2. The number of rotatable bonds is 6. The zero-order chi connectivity index (χ0) is 15.1. The second kappa shape index (κ2) is 7.57. The van der Waals surface area contributed by atoms with Gasteiger partial charge < -0.3 is 10.1 Å². The quantitative estimate of drug-likeness (QED) is 0.797. The minimum absolute atomic E-state index is 0.241. The molecular formula is C16H22F3NO. The van der Waals surface area contributed by atoms with Crippen LogP contribution in [0.15, 0.2) is 24.3 Å². The predicted octanol–water partition coefficient (Wildman–Crippen LogP) is 5.01. The van der Waals surface area contributed by atoms with E-state index in [4.69, 9.17) is 0 Å². The summed E-state index contributed by atoms with van der Waals surface area (Å²) in [6.07, 6.45) is 3.57. The zero-order valence-corrected chi connectivity index (χ0v) is 12.1. The fraction of sp³-hybridized carbons (Fsp3) is 0.625. The van der Waals surface area contributed by atoms with E-state index < -0.39 is 12.8 Å². The summed E-state index contributed by atoms with van der Waals surface area (Å²) in [5.74, 6) is 1.06. The number of ether oxygens (including phenoxy) is 1. The topological polar surface area (TPSA) is 21.3 Å². The SMILES string of the molecule is FC(F)(F)COc1ccc(NCCC2CCCCC2)cc1. The molecule has 0 amide bonds. The van der Waals surface area contributed by atoms with Gasteiger partial charge in [-0.25, -0.2) is 0 Å². The van der Waals surface area contributed by atoms with Crippen LogP contribution in [0.3, 0.4) is 0 Å². The maximum absolute atomic E-state index is 12.0. The van der Waals surface area contributed by atoms with Crippen molar-refractivity contribution in [1.29, 1.82) is 0 Å². The van der Waals surface area contributed by atoms with Gasteiger partial charge in [-0.15, -0.1) is 0 Å². The van der Waals surface area contributed by atoms with Crippen molar-refractivity contribution in [3.8, 4) is 5.75 Å². The van der Waals surface area contributed by atoms with Crippen LogP contribution in [0.1, 0.15) is 38.5 Å². The van der Waals surface area contributed by atoms with Gasteiger partial charge in [-0.1, -0.05) is 32.1 Å². The third-order valence-electron chi connectivity index (χ3n) is 3.86. The van der Waals surface area contributed by atoms with Gasteiger partial charge in [0.05, 0.1) is 0 Å². The molecule has 118 valence electrons. The first-order valence-corrected chi connectivity index (χ1v) is 7.56. The van der Waals surface area contributed by atoms with Crippen molar-refractivity contribution in [1.82, 2.24) is 0 Å². The monoisotopic (exact) mass is 301 g/mol. The van der Waals surface area contributed by atoms with Gasteiger partial charge in [-0.05, 0) is 36.6 Å². The second-order valence-corrected chi connectivity index (χ2v) is 5.65. The smallest absolute Gasteiger partial charge is 0.422 e. The van der Waals surface area contributed by atoms with Crippen molar-refractivity contribution in [2.45, 2.75) is 44.7 Å². The minimum atomic E-state index is -4.29. The first kappa shape index (κ1) is 16.0. The molecule has 0 aromatic heterocycles. The van der Waals surface area contributed by atoms with Gasteiger partial charge in [-0.2, -0.15) is 13.2 Å². The first-order valence-electron chi connectivity index (χ1n) is 7.56. The molecule has 1 N–H and O–H groups in total. The van der Waals surface area contributed by atoms with Crippen LogP contribution in [0.2, 0.25) is 0 Å². The average Bonchev–Trinajstić information content (AvgIpc) is 2.47. The maximum atomic E-state index is 12.0. The van der Waals surface area contributed by atoms with Crippen LogP contribution in [-0.2, 0) is 0 Å². The Bertz CT molecular complexity index is 411. The molecular weight excluding hydrogens is 279 g/mol. The number of nitrogens with one attached hydrogen (secondary N) is 1. The van der Waals surface area contributed by atoms with Crippen LogP contribution < -0.4 is 10.1 Å². The molecule has 1 aliphatic carbocycles. The number of benzene rings is 1. The van der Waals surface area contributed by atoms with Gasteiger partial charge in [0.1, 0.15) is 5.75 Å². The Labute approximate surface area is 123 Å². The fourth-order valence-electron chi connectivity index (χ4n) is 2.73. The van der Waals surface area contributed by atoms with Crippen LogP contribution in [0.4, 0.5) is 18.9 Å². The highest BCUT2D eigenvalue weighted by Gasteiger charge is 2.28. The molecule has 0 spiro atoms. The van der Waals surface area contributed by atoms with Crippen molar-refractivity contribution in [2.75, 3.05) is 18.5 Å². The molecule has 1 aliphatic rings. The van der Waals surface area contributed by atoms with Crippen molar-refractivity contribution >= 4 is 5.69 Å². The van der Waals surface area contributed by atoms with Crippen LogP contribution in [0.25, 0.3) is 0 Å². The standard InChI is InChI=1S/C16H22F3NO/c17-16(18,19)12-21-15-8-6-14(7-9-15)20-11-10-13-4-2-1-3-5-13/h6-9,13,20H,1-5,10-12H2. The van der Waals surface area contributed by atoms with E-state index in [9.17, 15) is 13.2 Å². The van der Waals surface area contributed by atoms with E-state index in [2.05, 4.69) is 10.1 Å². The molecule has 1 aromatic rings. The lowest BCUT2D eigenvalue weighted by molar-refractivity contribution is -0.153. The maximum Gasteiger partial charge on any atom is 0.422 e. The van der Waals surface area contributed by atoms with Gasteiger partial charge in [-0.3, -0.25) is 0 Å². The number of hydrogen-bond donors (Lipinski definition) is 1. The summed E-state index contributed by atoms with van der Waals surface area (Å²) < 4.78 is 40.8. The summed E-state index contributed by atoms with van der Waals surface area (Å²) in [6, 6.07) is 6.64. The lowest BCUT2D eigenvalue weighted by Crippen LogP contribution is -2.19. The molecule has 0 atom stereocenters. The van der Waals surface area contributed by atoms with Gasteiger partial charge in [0.15, 0.2) is 6.61 Å². The van der Waals surface area contributed by atoms with E-state index in [-0.39, 0.29) is 5.75 Å². The first-order chi connectivity index (χ1) is 10.0. The highest BCUT2D eigenvalue weighted by atomic mass is 19.4. The summed E-state index contributed by atoms with van der Waals surface area (Å²) in [5, 5.41) is 3.31. The predicted molar refractivity (Wildman–Crippen MR) is 77.7 cm³/mol. The Hall–Kier alpha value is -1.39. The average molecular weight is 301 g/mol. The van der Waals surface area contributed by atoms with Gasteiger partial charge >= 0.3 is 6.18 Å². The van der Waals surface area contributed by atoms with Crippen molar-refractivity contribution < 1.29 is 17.9 Å². The van der Waals surface area contributed by atoms with Crippen LogP contribution in [0.5, 0.6) is 5.75 Å². The second-order valence-electron chi connectivity index (χ2n) is 5.65. The number of anilines is 1. The Morgan fingerprint density at radius 3 is 2.33 bits per heavy atom. The van der Waals surface area contributed by atoms with E-state index in [1.165, 1.54) is 32.1 Å². The molecule has 2 rings (SSSR count). The highest BCUT2D eigenvalue weighted by Crippen LogP contribution is 2.26. The molecule has 1 aromatic carbocycles. The summed E-state index contributed by atoms with van der Waals surface area (Å²) in [5.41, 5.74) is 0.921. The van der Waals surface area contributed by atoms with Crippen molar-refractivity contribution in [3.63, 3.8) is 0 Å². The van der Waals surface area contributed by atoms with Crippen molar-refractivity contribution in [2.24, 2.45) is 5.92 Å². The zero-order valence-electron chi connectivity index (χ0n) is 12.1. The van der Waals surface area contributed by atoms with E-state index in [0.29, 0.717) is 0 Å². The third kappa shape index (κ3) is 6.27. The lowest BCUT2D eigenvalue weighted by Gasteiger charge is -2.21. The highest BCUT2D eigenvalue weighted by molar-refractivity contribution is 5.46. The Morgan fingerprint density at radius 2 is 1.71 bits per heavy atom. The largest absolute Gasteiger partial charge is 0.484 e. The van der Waals surface area contributed by atoms with Gasteiger partial charge in [0.2, 0.25) is 0 Å². The molecule has 0 saturated heterocycles. The number of alkyl halides is 3. The molecule has 0 aliphatic heterocycles. The summed E-state index contributed by atoms with van der Waals surface area (Å²) in [4.78, 5) is 0. The fourth-order valence-corrected chi connectivity index (χ4v) is 2.73. The summed E-state index contributed by atoms with van der Waals surface area (Å²) in [7, 11) is 0. The third-order valence-corrected chi connectivity index (χ3v) is 3.86. The number of halogens is 3. The Balaban J connectivity index is 1.69. The minimum Gasteiger partial charge on any atom is -0.484 e. The van der Waals surface area contributed by atoms with E-state index in [0.717, 1.165) is 24.6 Å². The van der Waals surface area contributed by atoms with Gasteiger partial charge in [0, 0.05) is 12.2 Å². The summed E-state index contributed by atoms with van der Waals surface area (Å²) in [6.45, 7) is -0.338. The normalized spacial score (nSPS) is 16.7. The van der Waals surface area contributed by atoms with Crippen molar-refractivity contribution in [3.05, 3.63) is 24.3 Å². The molecule has 0 bridgehead atoms. The molecule has 0 radical (unpaired) electrons. The molecule has 5 heteroatoms. The van der Waals surface area contributed by atoms with Crippen LogP contribution >= 0.6 is 0 Å².